The van der Waals surface area contributed by atoms with E-state index < -0.39 is 11.6 Å². The first-order valence-electron chi connectivity index (χ1n) is 10.6. The van der Waals surface area contributed by atoms with E-state index in [2.05, 4.69) is 20.5 Å². The number of anilines is 1. The molecule has 2 aliphatic heterocycles. The highest BCUT2D eigenvalue weighted by molar-refractivity contribution is 14.0. The highest BCUT2D eigenvalue weighted by Crippen LogP contribution is 2.26. The van der Waals surface area contributed by atoms with E-state index in [9.17, 15) is 8.78 Å². The molecule has 4 rings (SSSR count). The predicted octanol–water partition coefficient (Wildman–Crippen LogP) is 3.76. The van der Waals surface area contributed by atoms with Crippen LogP contribution in [0.4, 0.5) is 14.5 Å². The highest BCUT2D eigenvalue weighted by atomic mass is 127. The molecule has 170 valence electrons. The van der Waals surface area contributed by atoms with Gasteiger partial charge in [0.2, 0.25) is 0 Å². The Morgan fingerprint density at radius 1 is 1.23 bits per heavy atom. The normalized spacial score (nSPS) is 20.5. The molecule has 31 heavy (non-hydrogen) atoms. The van der Waals surface area contributed by atoms with Crippen LogP contribution < -0.4 is 15.5 Å². The number of aliphatic imine (C=N–C) groups is 1. The first-order valence-corrected chi connectivity index (χ1v) is 10.6. The second-order valence-corrected chi connectivity index (χ2v) is 7.90. The van der Waals surface area contributed by atoms with Gasteiger partial charge in [-0.3, -0.25) is 9.89 Å². The summed E-state index contributed by atoms with van der Waals surface area (Å²) in [6.07, 6.45) is 4.99. The molecular formula is C22H30F2IN5O. The average Bonchev–Trinajstić information content (AvgIpc) is 3.50. The lowest BCUT2D eigenvalue weighted by molar-refractivity contribution is 0.215. The molecule has 0 saturated carbocycles. The summed E-state index contributed by atoms with van der Waals surface area (Å²) in [5.74, 6) is 0.597. The largest absolute Gasteiger partial charge is 0.468 e. The summed E-state index contributed by atoms with van der Waals surface area (Å²) in [5.41, 5.74) is 0.440. The van der Waals surface area contributed by atoms with Crippen LogP contribution >= 0.6 is 24.0 Å². The number of nitrogens with one attached hydrogen (secondary N) is 2. The second-order valence-electron chi connectivity index (χ2n) is 7.90. The van der Waals surface area contributed by atoms with Gasteiger partial charge in [0.1, 0.15) is 17.4 Å². The topological polar surface area (TPSA) is 56.0 Å². The van der Waals surface area contributed by atoms with E-state index in [1.165, 1.54) is 25.0 Å². The van der Waals surface area contributed by atoms with Gasteiger partial charge in [-0.2, -0.15) is 0 Å². The summed E-state index contributed by atoms with van der Waals surface area (Å²) in [6.45, 7) is 4.17. The van der Waals surface area contributed by atoms with Gasteiger partial charge in [0.05, 0.1) is 18.0 Å². The number of nitrogens with zero attached hydrogens (tertiary/aromatic N) is 3. The van der Waals surface area contributed by atoms with E-state index in [0.29, 0.717) is 25.3 Å². The molecule has 2 aromatic rings. The minimum Gasteiger partial charge on any atom is -0.468 e. The molecular weight excluding hydrogens is 515 g/mol. The minimum atomic E-state index is -0.557. The van der Waals surface area contributed by atoms with E-state index in [4.69, 9.17) is 4.42 Å². The highest BCUT2D eigenvalue weighted by Gasteiger charge is 2.28. The van der Waals surface area contributed by atoms with Crippen molar-refractivity contribution in [2.24, 2.45) is 4.99 Å². The minimum absolute atomic E-state index is 0. The maximum Gasteiger partial charge on any atom is 0.191 e. The van der Waals surface area contributed by atoms with Gasteiger partial charge in [-0.05, 0) is 56.6 Å². The Kier molecular flexibility index (Phi) is 8.53. The van der Waals surface area contributed by atoms with Crippen molar-refractivity contribution in [3.8, 4) is 0 Å². The van der Waals surface area contributed by atoms with Gasteiger partial charge >= 0.3 is 0 Å². The fourth-order valence-corrected chi connectivity index (χ4v) is 4.36. The predicted molar refractivity (Wildman–Crippen MR) is 129 cm³/mol. The van der Waals surface area contributed by atoms with Crippen LogP contribution in [-0.2, 0) is 0 Å². The van der Waals surface area contributed by atoms with E-state index in [-0.39, 0.29) is 36.1 Å². The summed E-state index contributed by atoms with van der Waals surface area (Å²) < 4.78 is 33.0. The summed E-state index contributed by atoms with van der Waals surface area (Å²) in [5, 5.41) is 6.87. The number of guanidine groups is 1. The van der Waals surface area contributed by atoms with E-state index >= 15 is 0 Å². The van der Waals surface area contributed by atoms with Crippen LogP contribution in [0.25, 0.3) is 0 Å². The van der Waals surface area contributed by atoms with Crippen molar-refractivity contribution < 1.29 is 13.2 Å². The smallest absolute Gasteiger partial charge is 0.191 e. The van der Waals surface area contributed by atoms with E-state index in [1.54, 1.807) is 13.3 Å². The van der Waals surface area contributed by atoms with E-state index in [0.717, 1.165) is 37.3 Å². The third-order valence-electron chi connectivity index (χ3n) is 5.92. The quantitative estimate of drug-likeness (QED) is 0.329. The fourth-order valence-electron chi connectivity index (χ4n) is 4.36. The lowest BCUT2D eigenvalue weighted by atomic mass is 10.2. The van der Waals surface area contributed by atoms with Crippen LogP contribution in [0.2, 0.25) is 0 Å². The van der Waals surface area contributed by atoms with Crippen LogP contribution in [0.3, 0.4) is 0 Å². The number of furan rings is 1. The van der Waals surface area contributed by atoms with Crippen molar-refractivity contribution in [1.82, 2.24) is 15.5 Å². The molecule has 9 heteroatoms. The van der Waals surface area contributed by atoms with Crippen molar-refractivity contribution in [3.05, 3.63) is 54.0 Å². The van der Waals surface area contributed by atoms with Gasteiger partial charge in [-0.25, -0.2) is 8.78 Å². The number of likely N-dealkylation sites (tertiary alicyclic amines) is 1. The molecule has 2 atom stereocenters. The molecule has 6 nitrogen and oxygen atoms in total. The number of hydrogen-bond donors (Lipinski definition) is 2. The summed E-state index contributed by atoms with van der Waals surface area (Å²) in [4.78, 5) is 8.74. The molecule has 1 aromatic heterocycles. The first kappa shape index (κ1) is 23.8. The Labute approximate surface area is 199 Å². The monoisotopic (exact) mass is 545 g/mol. The zero-order chi connectivity index (χ0) is 20.9. The van der Waals surface area contributed by atoms with Crippen LogP contribution in [0.1, 0.15) is 31.1 Å². The van der Waals surface area contributed by atoms with Gasteiger partial charge in [-0.1, -0.05) is 0 Å². The van der Waals surface area contributed by atoms with Crippen molar-refractivity contribution in [3.63, 3.8) is 0 Å². The number of benzene rings is 1. The number of hydrogen-bond acceptors (Lipinski definition) is 4. The zero-order valence-corrected chi connectivity index (χ0v) is 20.0. The van der Waals surface area contributed by atoms with Crippen molar-refractivity contribution in [2.75, 3.05) is 44.7 Å². The first-order chi connectivity index (χ1) is 14.6. The number of halogens is 3. The van der Waals surface area contributed by atoms with Gasteiger partial charge in [0.15, 0.2) is 5.96 Å². The Bertz CT molecular complexity index is 858. The maximum atomic E-state index is 14.1. The van der Waals surface area contributed by atoms with Crippen molar-refractivity contribution >= 4 is 35.6 Å². The van der Waals surface area contributed by atoms with Gasteiger partial charge in [0.25, 0.3) is 0 Å². The molecule has 3 heterocycles. The standard InChI is InChI=1S/C22H29F2N5O.HI/c1-25-22(26-14-20(21-5-4-12-30-21)28-9-2-3-10-28)27-17-8-11-29(15-17)19-7-6-16(23)13-18(19)24;/h4-7,12-13,17,20H,2-3,8-11,14-15H2,1H3,(H2,25,26,27);1H. The number of rotatable bonds is 6. The van der Waals surface area contributed by atoms with Crippen LogP contribution in [0.5, 0.6) is 0 Å². The molecule has 0 aliphatic carbocycles. The van der Waals surface area contributed by atoms with Crippen molar-refractivity contribution in [1.29, 1.82) is 0 Å². The molecule has 1 aromatic carbocycles. The average molecular weight is 545 g/mol. The lowest BCUT2D eigenvalue weighted by Gasteiger charge is -2.27. The molecule has 2 saturated heterocycles. The second kappa shape index (κ2) is 11.1. The summed E-state index contributed by atoms with van der Waals surface area (Å²) in [7, 11) is 1.75. The van der Waals surface area contributed by atoms with Gasteiger partial charge < -0.3 is 20.0 Å². The molecule has 0 amide bonds. The Hall–Kier alpha value is -1.88. The summed E-state index contributed by atoms with van der Waals surface area (Å²) >= 11 is 0. The van der Waals surface area contributed by atoms with Crippen molar-refractivity contribution in [2.45, 2.75) is 31.3 Å². The third-order valence-corrected chi connectivity index (χ3v) is 5.92. The molecule has 0 bridgehead atoms. The maximum absolute atomic E-state index is 14.1. The SMILES string of the molecule is CN=C(NCC(c1ccco1)N1CCCC1)NC1CCN(c2ccc(F)cc2F)C1.I. The Balaban J connectivity index is 0.00000272. The Morgan fingerprint density at radius 2 is 2.03 bits per heavy atom. The van der Waals surface area contributed by atoms with Gasteiger partial charge in [-0.15, -0.1) is 24.0 Å². The molecule has 0 spiro atoms. The fraction of sp³-hybridized carbons (Fsp3) is 0.500. The molecule has 2 N–H and O–H groups in total. The van der Waals surface area contributed by atoms with E-state index in [1.807, 2.05) is 17.0 Å². The Morgan fingerprint density at radius 3 is 2.71 bits per heavy atom. The molecule has 0 radical (unpaired) electrons. The third kappa shape index (κ3) is 5.88. The van der Waals surface area contributed by atoms with Crippen LogP contribution in [0, 0.1) is 11.6 Å². The van der Waals surface area contributed by atoms with Crippen LogP contribution in [0.15, 0.2) is 46.0 Å². The van der Waals surface area contributed by atoms with Crippen LogP contribution in [-0.4, -0.2) is 56.7 Å². The molecule has 2 unspecified atom stereocenters. The zero-order valence-electron chi connectivity index (χ0n) is 17.7. The molecule has 2 fully saturated rings. The summed E-state index contributed by atoms with van der Waals surface area (Å²) in [6, 6.07) is 7.98. The molecule has 2 aliphatic rings. The lowest BCUT2D eigenvalue weighted by Crippen LogP contribution is -2.47. The van der Waals surface area contributed by atoms with Gasteiger partial charge in [0, 0.05) is 38.8 Å².